The normalized spacial score (nSPS) is 11.0. The smallest absolute Gasteiger partial charge is 0.264 e. The quantitative estimate of drug-likeness (QED) is 0.457. The molecule has 0 radical (unpaired) electrons. The van der Waals surface area contributed by atoms with Crippen LogP contribution in [0, 0.1) is 0 Å². The predicted octanol–water partition coefficient (Wildman–Crippen LogP) is 4.19. The maximum absolute atomic E-state index is 12.5. The van der Waals surface area contributed by atoms with Gasteiger partial charge in [0, 0.05) is 35.7 Å². The Morgan fingerprint density at radius 3 is 2.68 bits per heavy atom. The number of rotatable bonds is 5. The molecule has 0 amide bonds. The highest BCUT2D eigenvalue weighted by Crippen LogP contribution is 2.26. The highest BCUT2D eigenvalue weighted by molar-refractivity contribution is 5.80. The topological polar surface area (TPSA) is 111 Å². The number of phenols is 1. The number of hydrogen-bond donors (Lipinski definition) is 1. The molecule has 152 valence electrons. The van der Waals surface area contributed by atoms with Gasteiger partial charge in [0.2, 0.25) is 5.82 Å². The molecule has 0 atom stereocenters. The van der Waals surface area contributed by atoms with Gasteiger partial charge in [-0.2, -0.15) is 4.98 Å². The second kappa shape index (κ2) is 7.75. The summed E-state index contributed by atoms with van der Waals surface area (Å²) in [6, 6.07) is 16.4. The van der Waals surface area contributed by atoms with Crippen LogP contribution in [0.3, 0.4) is 0 Å². The van der Waals surface area contributed by atoms with Crippen molar-refractivity contribution in [3.05, 3.63) is 89.2 Å². The molecule has 0 spiro atoms. The monoisotopic (exact) mass is 413 g/mol. The Morgan fingerprint density at radius 2 is 1.87 bits per heavy atom. The number of pyridine rings is 1. The van der Waals surface area contributed by atoms with Gasteiger partial charge in [-0.3, -0.25) is 9.78 Å². The first kappa shape index (κ1) is 18.6. The number of fused-ring (bicyclic) bond motifs is 1. The van der Waals surface area contributed by atoms with E-state index in [1.54, 1.807) is 48.8 Å². The van der Waals surface area contributed by atoms with Crippen molar-refractivity contribution < 1.29 is 18.8 Å². The summed E-state index contributed by atoms with van der Waals surface area (Å²) >= 11 is 0. The van der Waals surface area contributed by atoms with Gasteiger partial charge in [0.05, 0.1) is 5.39 Å². The van der Waals surface area contributed by atoms with Crippen molar-refractivity contribution in [2.45, 2.75) is 6.61 Å². The second-order valence-corrected chi connectivity index (χ2v) is 6.72. The molecule has 5 aromatic rings. The van der Waals surface area contributed by atoms with Gasteiger partial charge in [0.25, 0.3) is 5.89 Å². The fourth-order valence-corrected chi connectivity index (χ4v) is 3.06. The number of hydrogen-bond acceptors (Lipinski definition) is 8. The molecule has 0 saturated heterocycles. The first-order valence-corrected chi connectivity index (χ1v) is 9.39. The molecule has 31 heavy (non-hydrogen) atoms. The zero-order chi connectivity index (χ0) is 21.2. The van der Waals surface area contributed by atoms with E-state index in [-0.39, 0.29) is 17.8 Å². The van der Waals surface area contributed by atoms with Gasteiger partial charge in [-0.05, 0) is 48.5 Å². The molecule has 0 saturated carbocycles. The number of ether oxygens (including phenoxy) is 1. The van der Waals surface area contributed by atoms with E-state index < -0.39 is 0 Å². The van der Waals surface area contributed by atoms with Gasteiger partial charge in [-0.25, -0.2) is 0 Å². The molecular formula is C23H15N3O5. The molecule has 0 fully saturated rings. The third kappa shape index (κ3) is 3.86. The fraction of sp³-hybridized carbons (Fsp3) is 0.0435. The predicted molar refractivity (Wildman–Crippen MR) is 111 cm³/mol. The van der Waals surface area contributed by atoms with Crippen LogP contribution in [0.4, 0.5) is 0 Å². The minimum atomic E-state index is -0.172. The van der Waals surface area contributed by atoms with E-state index in [1.165, 1.54) is 18.2 Å². The molecule has 1 N–H and O–H groups in total. The molecule has 0 bridgehead atoms. The van der Waals surface area contributed by atoms with Crippen LogP contribution in [0.15, 0.2) is 86.8 Å². The molecule has 0 unspecified atom stereocenters. The standard InChI is InChI=1S/C23H15N3O5/c27-16-5-3-14(4-6-16)20-11-19(28)18-8-7-17(10-21(18)30-20)29-13-22-25-23(26-31-22)15-2-1-9-24-12-15/h1-12,27H,13H2. The average molecular weight is 413 g/mol. The number of nitrogens with zero attached hydrogens (tertiary/aromatic N) is 3. The largest absolute Gasteiger partial charge is 0.508 e. The van der Waals surface area contributed by atoms with E-state index in [9.17, 15) is 9.90 Å². The molecule has 3 aromatic heterocycles. The molecule has 8 heteroatoms. The van der Waals surface area contributed by atoms with Crippen LogP contribution in [0.2, 0.25) is 0 Å². The number of aromatic hydroxyl groups is 1. The van der Waals surface area contributed by atoms with E-state index in [1.807, 2.05) is 6.07 Å². The van der Waals surface area contributed by atoms with Crippen molar-refractivity contribution >= 4 is 11.0 Å². The summed E-state index contributed by atoms with van der Waals surface area (Å²) < 4.78 is 16.9. The van der Waals surface area contributed by atoms with E-state index in [2.05, 4.69) is 15.1 Å². The molecule has 8 nitrogen and oxygen atoms in total. The summed E-state index contributed by atoms with van der Waals surface area (Å²) in [4.78, 5) is 20.8. The van der Waals surface area contributed by atoms with E-state index >= 15 is 0 Å². The number of phenolic OH excluding ortho intramolecular Hbond substituents is 1. The third-order valence-corrected chi connectivity index (χ3v) is 4.60. The molecule has 0 aliphatic rings. The lowest BCUT2D eigenvalue weighted by molar-refractivity contribution is 0.243. The molecule has 3 heterocycles. The SMILES string of the molecule is O=c1cc(-c2ccc(O)cc2)oc2cc(OCc3nc(-c4cccnc4)no3)ccc12. The number of benzene rings is 2. The number of aromatic nitrogens is 3. The summed E-state index contributed by atoms with van der Waals surface area (Å²) in [5.74, 6) is 1.75. The van der Waals surface area contributed by atoms with Crippen molar-refractivity contribution in [1.82, 2.24) is 15.1 Å². The first-order valence-electron chi connectivity index (χ1n) is 9.39. The zero-order valence-corrected chi connectivity index (χ0v) is 16.1. The molecular weight excluding hydrogens is 398 g/mol. The van der Waals surface area contributed by atoms with Crippen LogP contribution in [0.25, 0.3) is 33.7 Å². The Morgan fingerprint density at radius 1 is 1.00 bits per heavy atom. The highest BCUT2D eigenvalue weighted by atomic mass is 16.5. The lowest BCUT2D eigenvalue weighted by Crippen LogP contribution is -2.01. The Hall–Kier alpha value is -4.46. The Bertz CT molecular complexity index is 1410. The second-order valence-electron chi connectivity index (χ2n) is 6.72. The van der Waals surface area contributed by atoms with Gasteiger partial charge in [-0.15, -0.1) is 0 Å². The highest BCUT2D eigenvalue weighted by Gasteiger charge is 2.11. The Balaban J connectivity index is 1.39. The van der Waals surface area contributed by atoms with Gasteiger partial charge in [0.1, 0.15) is 22.8 Å². The van der Waals surface area contributed by atoms with Crippen LogP contribution < -0.4 is 10.2 Å². The zero-order valence-electron chi connectivity index (χ0n) is 16.1. The first-order chi connectivity index (χ1) is 15.2. The van der Waals surface area contributed by atoms with Gasteiger partial charge >= 0.3 is 0 Å². The van der Waals surface area contributed by atoms with E-state index in [0.717, 1.165) is 5.56 Å². The summed E-state index contributed by atoms with van der Waals surface area (Å²) in [6.45, 7) is 0.0562. The van der Waals surface area contributed by atoms with E-state index in [4.69, 9.17) is 13.7 Å². The van der Waals surface area contributed by atoms with Gasteiger partial charge < -0.3 is 18.8 Å². The van der Waals surface area contributed by atoms with Crippen molar-refractivity contribution in [3.8, 4) is 34.2 Å². The summed E-state index contributed by atoms with van der Waals surface area (Å²) in [6.07, 6.45) is 3.31. The van der Waals surface area contributed by atoms with Crippen LogP contribution >= 0.6 is 0 Å². The summed E-state index contributed by atoms with van der Waals surface area (Å²) in [7, 11) is 0. The van der Waals surface area contributed by atoms with Crippen LogP contribution in [0.5, 0.6) is 11.5 Å². The minimum Gasteiger partial charge on any atom is -0.508 e. The van der Waals surface area contributed by atoms with Crippen molar-refractivity contribution in [3.63, 3.8) is 0 Å². The minimum absolute atomic E-state index is 0.0562. The molecule has 5 rings (SSSR count). The lowest BCUT2D eigenvalue weighted by atomic mass is 10.1. The van der Waals surface area contributed by atoms with Crippen molar-refractivity contribution in [2.24, 2.45) is 0 Å². The summed E-state index contributed by atoms with van der Waals surface area (Å²) in [5, 5.41) is 13.8. The van der Waals surface area contributed by atoms with Crippen molar-refractivity contribution in [1.29, 1.82) is 0 Å². The van der Waals surface area contributed by atoms with Crippen LogP contribution in [-0.2, 0) is 6.61 Å². The van der Waals surface area contributed by atoms with Gasteiger partial charge in [-0.1, -0.05) is 5.16 Å². The average Bonchev–Trinajstić information content (AvgIpc) is 3.28. The van der Waals surface area contributed by atoms with Crippen molar-refractivity contribution in [2.75, 3.05) is 0 Å². The van der Waals surface area contributed by atoms with Crippen LogP contribution in [-0.4, -0.2) is 20.2 Å². The lowest BCUT2D eigenvalue weighted by Gasteiger charge is -2.06. The Labute approximate surface area is 175 Å². The van der Waals surface area contributed by atoms with E-state index in [0.29, 0.717) is 39.8 Å². The maximum Gasteiger partial charge on any atom is 0.264 e. The summed E-state index contributed by atoms with van der Waals surface area (Å²) in [5.41, 5.74) is 1.63. The molecule has 0 aliphatic heterocycles. The van der Waals surface area contributed by atoms with Gasteiger partial charge in [0.15, 0.2) is 12.0 Å². The van der Waals surface area contributed by atoms with Crippen LogP contribution in [0.1, 0.15) is 5.89 Å². The maximum atomic E-state index is 12.5. The molecule has 2 aromatic carbocycles. The third-order valence-electron chi connectivity index (χ3n) is 4.60. The fourth-order valence-electron chi connectivity index (χ4n) is 3.06. The Kier molecular flexibility index (Phi) is 4.64. The molecule has 0 aliphatic carbocycles.